The number of amides is 1. The highest BCUT2D eigenvalue weighted by Crippen LogP contribution is 2.60. The van der Waals surface area contributed by atoms with E-state index in [2.05, 4.69) is 10.3 Å². The van der Waals surface area contributed by atoms with Gasteiger partial charge in [-0.15, -0.1) is 0 Å². The van der Waals surface area contributed by atoms with Crippen LogP contribution in [-0.4, -0.2) is 28.0 Å². The number of aliphatic carboxylic acids is 1. The largest absolute Gasteiger partial charge is 0.480 e. The Balaban J connectivity index is 1.36. The fourth-order valence-electron chi connectivity index (χ4n) is 6.42. The van der Waals surface area contributed by atoms with Crippen LogP contribution in [0.5, 0.6) is 0 Å². The number of benzene rings is 1. The van der Waals surface area contributed by atoms with E-state index in [9.17, 15) is 14.7 Å². The molecule has 4 aliphatic carbocycles. The molecule has 1 aromatic carbocycles. The molecule has 5 nitrogen and oxygen atoms in total. The lowest BCUT2D eigenvalue weighted by molar-refractivity contribution is -0.151. The molecule has 0 aliphatic heterocycles. The van der Waals surface area contributed by atoms with Gasteiger partial charge in [0.15, 0.2) is 0 Å². The minimum atomic E-state index is -0.960. The van der Waals surface area contributed by atoms with E-state index in [1.807, 2.05) is 30.5 Å². The third-order valence-corrected chi connectivity index (χ3v) is 7.22. The first-order valence-electron chi connectivity index (χ1n) is 10.1. The van der Waals surface area contributed by atoms with Crippen molar-refractivity contribution in [3.05, 3.63) is 36.0 Å². The molecule has 4 aliphatic rings. The number of nitrogens with one attached hydrogen (secondary N) is 2. The van der Waals surface area contributed by atoms with Gasteiger partial charge in [-0.05, 0) is 67.9 Å². The first kappa shape index (κ1) is 16.8. The fraction of sp³-hybridized carbons (Fsp3) is 0.545. The van der Waals surface area contributed by atoms with Crippen LogP contribution >= 0.6 is 0 Å². The highest BCUT2D eigenvalue weighted by atomic mass is 16.4. The first-order chi connectivity index (χ1) is 13.0. The summed E-state index contributed by atoms with van der Waals surface area (Å²) in [5.74, 6) is 1.02. The number of carboxylic acids is 1. The highest BCUT2D eigenvalue weighted by molar-refractivity contribution is 5.89. The molecule has 6 rings (SSSR count). The van der Waals surface area contributed by atoms with Gasteiger partial charge in [0.05, 0.1) is 0 Å². The zero-order chi connectivity index (χ0) is 18.6. The van der Waals surface area contributed by atoms with E-state index in [1.165, 1.54) is 19.3 Å². The molecule has 1 unspecified atom stereocenters. The van der Waals surface area contributed by atoms with Crippen LogP contribution in [0, 0.1) is 23.2 Å². The standard InChI is InChI=1S/C22H26N2O3/c25-20(26)19(8-16-12-23-18-4-2-1-3-17(16)18)24-21(27)22-9-13-5-14(10-22)7-15(6-13)11-22/h1-4,12-15,19,23H,5-11H2,(H,24,27)(H,25,26). The molecule has 0 spiro atoms. The summed E-state index contributed by atoms with van der Waals surface area (Å²) >= 11 is 0. The van der Waals surface area contributed by atoms with Gasteiger partial charge in [0, 0.05) is 28.9 Å². The summed E-state index contributed by atoms with van der Waals surface area (Å²) in [6.45, 7) is 0. The van der Waals surface area contributed by atoms with Crippen LogP contribution in [-0.2, 0) is 16.0 Å². The lowest BCUT2D eigenvalue weighted by Crippen LogP contribution is -2.56. The Morgan fingerprint density at radius 1 is 1.11 bits per heavy atom. The average Bonchev–Trinajstić information content (AvgIpc) is 3.03. The number of aromatic nitrogens is 1. The maximum Gasteiger partial charge on any atom is 0.326 e. The third-order valence-electron chi connectivity index (χ3n) is 7.22. The molecule has 2 aromatic rings. The number of rotatable bonds is 5. The molecule has 0 radical (unpaired) electrons. The molecule has 1 atom stereocenters. The van der Waals surface area contributed by atoms with Crippen molar-refractivity contribution in [2.24, 2.45) is 23.2 Å². The van der Waals surface area contributed by atoms with Crippen molar-refractivity contribution in [3.8, 4) is 0 Å². The summed E-state index contributed by atoms with van der Waals surface area (Å²) in [5, 5.41) is 13.7. The van der Waals surface area contributed by atoms with Crippen molar-refractivity contribution in [1.29, 1.82) is 0 Å². The molecule has 1 amide bonds. The predicted molar refractivity (Wildman–Crippen MR) is 102 cm³/mol. The molecule has 1 aromatic heterocycles. The Morgan fingerprint density at radius 3 is 2.37 bits per heavy atom. The summed E-state index contributed by atoms with van der Waals surface area (Å²) in [5.41, 5.74) is 1.61. The minimum absolute atomic E-state index is 0.0196. The topological polar surface area (TPSA) is 82.2 Å². The monoisotopic (exact) mass is 366 g/mol. The van der Waals surface area contributed by atoms with E-state index in [0.29, 0.717) is 24.2 Å². The van der Waals surface area contributed by atoms with Gasteiger partial charge in [-0.1, -0.05) is 18.2 Å². The summed E-state index contributed by atoms with van der Waals surface area (Å²) in [6, 6.07) is 6.98. The zero-order valence-corrected chi connectivity index (χ0v) is 15.4. The number of hydrogen-bond donors (Lipinski definition) is 3. The van der Waals surface area contributed by atoms with Gasteiger partial charge < -0.3 is 15.4 Å². The van der Waals surface area contributed by atoms with Crippen LogP contribution in [0.25, 0.3) is 10.9 Å². The number of para-hydroxylation sites is 1. The predicted octanol–water partition coefficient (Wildman–Crippen LogP) is 3.50. The molecule has 4 saturated carbocycles. The Morgan fingerprint density at radius 2 is 1.74 bits per heavy atom. The SMILES string of the molecule is O=C(O)C(Cc1c[nH]c2ccccc12)NC(=O)C12CC3CC(CC(C3)C1)C2. The van der Waals surface area contributed by atoms with Crippen molar-refractivity contribution in [3.63, 3.8) is 0 Å². The van der Waals surface area contributed by atoms with Crippen molar-refractivity contribution in [2.75, 3.05) is 0 Å². The minimum Gasteiger partial charge on any atom is -0.480 e. The Labute approximate surface area is 158 Å². The summed E-state index contributed by atoms with van der Waals surface area (Å²) in [4.78, 5) is 28.3. The maximum atomic E-state index is 13.2. The van der Waals surface area contributed by atoms with Gasteiger partial charge >= 0.3 is 5.97 Å². The second-order valence-corrected chi connectivity index (χ2v) is 9.13. The number of carbonyl (C=O) groups excluding carboxylic acids is 1. The van der Waals surface area contributed by atoms with Gasteiger partial charge in [-0.2, -0.15) is 0 Å². The van der Waals surface area contributed by atoms with Crippen molar-refractivity contribution in [1.82, 2.24) is 10.3 Å². The smallest absolute Gasteiger partial charge is 0.326 e. The number of carbonyl (C=O) groups is 2. The van der Waals surface area contributed by atoms with Crippen LogP contribution in [0.1, 0.15) is 44.1 Å². The molecular weight excluding hydrogens is 340 g/mol. The molecule has 4 bridgehead atoms. The van der Waals surface area contributed by atoms with Crippen molar-refractivity contribution in [2.45, 2.75) is 51.0 Å². The normalized spacial score (nSPS) is 32.5. The van der Waals surface area contributed by atoms with Crippen LogP contribution in [0.4, 0.5) is 0 Å². The number of aromatic amines is 1. The quantitative estimate of drug-likeness (QED) is 0.757. The Hall–Kier alpha value is -2.30. The maximum absolute atomic E-state index is 13.2. The molecule has 3 N–H and O–H groups in total. The fourth-order valence-corrected chi connectivity index (χ4v) is 6.42. The van der Waals surface area contributed by atoms with Gasteiger partial charge in [0.1, 0.15) is 6.04 Å². The molecule has 0 saturated heterocycles. The van der Waals surface area contributed by atoms with E-state index in [0.717, 1.165) is 35.7 Å². The second kappa shape index (κ2) is 6.11. The van der Waals surface area contributed by atoms with Gasteiger partial charge in [-0.25, -0.2) is 4.79 Å². The van der Waals surface area contributed by atoms with E-state index < -0.39 is 12.0 Å². The Kier molecular flexibility index (Phi) is 3.81. The summed E-state index contributed by atoms with van der Waals surface area (Å²) in [7, 11) is 0. The van der Waals surface area contributed by atoms with Crippen LogP contribution in [0.15, 0.2) is 30.5 Å². The number of carboxylic acid groups (broad SMARTS) is 1. The van der Waals surface area contributed by atoms with E-state index >= 15 is 0 Å². The van der Waals surface area contributed by atoms with Crippen LogP contribution in [0.3, 0.4) is 0 Å². The number of H-pyrrole nitrogens is 1. The average molecular weight is 366 g/mol. The molecule has 1 heterocycles. The Bertz CT molecular complexity index is 865. The van der Waals surface area contributed by atoms with Crippen LogP contribution in [0.2, 0.25) is 0 Å². The summed E-state index contributed by atoms with van der Waals surface area (Å²) < 4.78 is 0. The number of fused-ring (bicyclic) bond motifs is 1. The van der Waals surface area contributed by atoms with E-state index in [4.69, 9.17) is 0 Å². The van der Waals surface area contributed by atoms with Crippen molar-refractivity contribution >= 4 is 22.8 Å². The van der Waals surface area contributed by atoms with E-state index in [-0.39, 0.29) is 11.3 Å². The van der Waals surface area contributed by atoms with Gasteiger partial charge in [-0.3, -0.25) is 4.79 Å². The lowest BCUT2D eigenvalue weighted by atomic mass is 9.49. The van der Waals surface area contributed by atoms with Crippen molar-refractivity contribution < 1.29 is 14.7 Å². The lowest BCUT2D eigenvalue weighted by Gasteiger charge is -2.55. The second-order valence-electron chi connectivity index (χ2n) is 9.13. The first-order valence-corrected chi connectivity index (χ1v) is 10.1. The molecule has 4 fully saturated rings. The summed E-state index contributed by atoms with van der Waals surface area (Å²) in [6.07, 6.45) is 8.81. The number of hydrogen-bond acceptors (Lipinski definition) is 2. The highest BCUT2D eigenvalue weighted by Gasteiger charge is 2.54. The van der Waals surface area contributed by atoms with Gasteiger partial charge in [0.25, 0.3) is 0 Å². The molecular formula is C22H26N2O3. The molecule has 27 heavy (non-hydrogen) atoms. The van der Waals surface area contributed by atoms with Crippen LogP contribution < -0.4 is 5.32 Å². The third kappa shape index (κ3) is 2.84. The van der Waals surface area contributed by atoms with Gasteiger partial charge in [0.2, 0.25) is 5.91 Å². The zero-order valence-electron chi connectivity index (χ0n) is 15.4. The molecule has 142 valence electrons. The molecule has 5 heteroatoms. The van der Waals surface area contributed by atoms with E-state index in [1.54, 1.807) is 0 Å².